The highest BCUT2D eigenvalue weighted by Crippen LogP contribution is 2.17. The number of rotatable bonds is 6. The second kappa shape index (κ2) is 8.48. The summed E-state index contributed by atoms with van der Waals surface area (Å²) in [6.07, 6.45) is 6.86. The molecule has 1 aromatic carbocycles. The number of hydrogen-bond donors (Lipinski definition) is 1. The van der Waals surface area contributed by atoms with Crippen LogP contribution in [0.15, 0.2) is 46.2 Å². The van der Waals surface area contributed by atoms with Gasteiger partial charge in [-0.05, 0) is 30.5 Å². The van der Waals surface area contributed by atoms with Gasteiger partial charge in [0.15, 0.2) is 11.2 Å². The summed E-state index contributed by atoms with van der Waals surface area (Å²) in [5, 5.41) is 2.97. The zero-order valence-corrected chi connectivity index (χ0v) is 16.7. The number of nitrogens with zero attached hydrogens (tertiary/aromatic N) is 4. The molecule has 9 heteroatoms. The normalized spacial score (nSPS) is 14.2. The molecule has 9 nitrogen and oxygen atoms in total. The van der Waals surface area contributed by atoms with Crippen LogP contribution in [0.1, 0.15) is 31.2 Å². The molecule has 0 aliphatic heterocycles. The maximum atomic E-state index is 13.2. The third kappa shape index (κ3) is 3.96. The molecule has 1 aliphatic carbocycles. The molecule has 1 aliphatic rings. The molecule has 1 fully saturated rings. The van der Waals surface area contributed by atoms with E-state index >= 15 is 0 Å². The lowest BCUT2D eigenvalue weighted by Gasteiger charge is -2.15. The van der Waals surface area contributed by atoms with Gasteiger partial charge in [-0.3, -0.25) is 18.7 Å². The predicted molar refractivity (Wildman–Crippen MR) is 111 cm³/mol. The Morgan fingerprint density at radius 1 is 1.10 bits per heavy atom. The summed E-state index contributed by atoms with van der Waals surface area (Å²) < 4.78 is 7.45. The number of benzene rings is 1. The summed E-state index contributed by atoms with van der Waals surface area (Å²) >= 11 is 0. The maximum Gasteiger partial charge on any atom is 0.333 e. The molecule has 0 spiro atoms. The molecule has 0 saturated heterocycles. The molecule has 4 rings (SSSR count). The zero-order valence-electron chi connectivity index (χ0n) is 16.7. The zero-order chi connectivity index (χ0) is 21.1. The van der Waals surface area contributed by atoms with Crippen molar-refractivity contribution in [2.45, 2.75) is 44.8 Å². The van der Waals surface area contributed by atoms with Crippen LogP contribution in [-0.4, -0.2) is 38.2 Å². The van der Waals surface area contributed by atoms with Crippen LogP contribution in [0.4, 0.5) is 0 Å². The van der Waals surface area contributed by atoms with Crippen molar-refractivity contribution in [1.29, 1.82) is 0 Å². The molecule has 2 aromatic heterocycles. The fraction of sp³-hybridized carbons (Fsp3) is 0.381. The van der Waals surface area contributed by atoms with E-state index < -0.39 is 11.2 Å². The largest absolute Gasteiger partial charge is 0.497 e. The lowest BCUT2D eigenvalue weighted by molar-refractivity contribution is -0.122. The SMILES string of the molecule is COc1ccc(Cn2c(=O)c3nccnc3n(CC(=O)NC3CCCC3)c2=O)cc1. The van der Waals surface area contributed by atoms with E-state index in [1.54, 1.807) is 31.4 Å². The molecule has 156 valence electrons. The number of carbonyl (C=O) groups is 1. The van der Waals surface area contributed by atoms with E-state index in [-0.39, 0.29) is 36.2 Å². The fourth-order valence-corrected chi connectivity index (χ4v) is 3.81. The first-order chi connectivity index (χ1) is 14.6. The number of fused-ring (bicyclic) bond motifs is 1. The van der Waals surface area contributed by atoms with Crippen LogP contribution in [0.5, 0.6) is 5.75 Å². The van der Waals surface area contributed by atoms with E-state index in [1.165, 1.54) is 17.0 Å². The van der Waals surface area contributed by atoms with Crippen LogP contribution < -0.4 is 21.3 Å². The van der Waals surface area contributed by atoms with Crippen molar-refractivity contribution < 1.29 is 9.53 Å². The first-order valence-electron chi connectivity index (χ1n) is 9.93. The minimum atomic E-state index is -0.592. The molecule has 0 atom stereocenters. The minimum Gasteiger partial charge on any atom is -0.497 e. The Morgan fingerprint density at radius 3 is 2.50 bits per heavy atom. The summed E-state index contributed by atoms with van der Waals surface area (Å²) in [4.78, 5) is 46.9. The number of aromatic nitrogens is 4. The highest BCUT2D eigenvalue weighted by atomic mass is 16.5. The molecule has 30 heavy (non-hydrogen) atoms. The quantitative estimate of drug-likeness (QED) is 0.652. The van der Waals surface area contributed by atoms with Crippen molar-refractivity contribution in [2.75, 3.05) is 7.11 Å². The summed E-state index contributed by atoms with van der Waals surface area (Å²) in [5.74, 6) is 0.405. The van der Waals surface area contributed by atoms with Gasteiger partial charge in [-0.15, -0.1) is 0 Å². The summed E-state index contributed by atoms with van der Waals surface area (Å²) in [6, 6.07) is 7.21. The Morgan fingerprint density at radius 2 is 1.80 bits per heavy atom. The molecule has 0 radical (unpaired) electrons. The molecule has 2 heterocycles. The monoisotopic (exact) mass is 409 g/mol. The lowest BCUT2D eigenvalue weighted by atomic mass is 10.2. The van der Waals surface area contributed by atoms with Gasteiger partial charge in [0.1, 0.15) is 12.3 Å². The Bertz CT molecular complexity index is 1180. The van der Waals surface area contributed by atoms with Crippen LogP contribution in [0.3, 0.4) is 0 Å². The second-order valence-electron chi connectivity index (χ2n) is 7.39. The van der Waals surface area contributed by atoms with Crippen LogP contribution in [0.25, 0.3) is 11.2 Å². The predicted octanol–water partition coefficient (Wildman–Crippen LogP) is 1.07. The number of hydrogen-bond acceptors (Lipinski definition) is 6. The Kier molecular flexibility index (Phi) is 5.60. The first-order valence-corrected chi connectivity index (χ1v) is 9.93. The molecular weight excluding hydrogens is 386 g/mol. The molecule has 1 N–H and O–H groups in total. The number of ether oxygens (including phenoxy) is 1. The van der Waals surface area contributed by atoms with E-state index in [4.69, 9.17) is 4.74 Å². The van der Waals surface area contributed by atoms with E-state index in [0.29, 0.717) is 5.75 Å². The Balaban J connectivity index is 1.72. The summed E-state index contributed by atoms with van der Waals surface area (Å²) in [5.41, 5.74) is -0.212. The van der Waals surface area contributed by atoms with Crippen LogP contribution in [0.2, 0.25) is 0 Å². The van der Waals surface area contributed by atoms with E-state index in [9.17, 15) is 14.4 Å². The minimum absolute atomic E-state index is 0.0540. The third-order valence-corrected chi connectivity index (χ3v) is 5.37. The van der Waals surface area contributed by atoms with Crippen LogP contribution in [-0.2, 0) is 17.9 Å². The number of amides is 1. The standard InChI is InChI=1S/C21H23N5O4/c1-30-16-8-6-14(7-9-16)12-26-20(28)18-19(23-11-10-22-18)25(21(26)29)13-17(27)24-15-4-2-3-5-15/h6-11,15H,2-5,12-13H2,1H3,(H,24,27). The Hall–Kier alpha value is -3.49. The van der Waals surface area contributed by atoms with Crippen molar-refractivity contribution >= 4 is 17.1 Å². The van der Waals surface area contributed by atoms with Gasteiger partial charge in [0, 0.05) is 18.4 Å². The van der Waals surface area contributed by atoms with Gasteiger partial charge in [-0.25, -0.2) is 14.8 Å². The number of nitrogens with one attached hydrogen (secondary N) is 1. The second-order valence-corrected chi connectivity index (χ2v) is 7.39. The van der Waals surface area contributed by atoms with Gasteiger partial charge in [-0.2, -0.15) is 0 Å². The molecule has 0 bridgehead atoms. The van der Waals surface area contributed by atoms with Gasteiger partial charge in [0.25, 0.3) is 5.56 Å². The highest BCUT2D eigenvalue weighted by molar-refractivity contribution is 5.78. The molecular formula is C21H23N5O4. The molecule has 0 unspecified atom stereocenters. The van der Waals surface area contributed by atoms with Crippen molar-refractivity contribution in [1.82, 2.24) is 24.4 Å². The van der Waals surface area contributed by atoms with Crippen LogP contribution in [0, 0.1) is 0 Å². The number of carbonyl (C=O) groups excluding carboxylic acids is 1. The fourth-order valence-electron chi connectivity index (χ4n) is 3.81. The molecule has 3 aromatic rings. The van der Waals surface area contributed by atoms with Gasteiger partial charge in [-0.1, -0.05) is 25.0 Å². The van der Waals surface area contributed by atoms with Gasteiger partial charge >= 0.3 is 5.69 Å². The van der Waals surface area contributed by atoms with Gasteiger partial charge in [0.2, 0.25) is 5.91 Å². The smallest absolute Gasteiger partial charge is 0.333 e. The summed E-state index contributed by atoms with van der Waals surface area (Å²) in [6.45, 7) is -0.161. The van der Waals surface area contributed by atoms with Crippen molar-refractivity contribution in [3.63, 3.8) is 0 Å². The highest BCUT2D eigenvalue weighted by Gasteiger charge is 2.20. The van der Waals surface area contributed by atoms with E-state index in [0.717, 1.165) is 35.8 Å². The van der Waals surface area contributed by atoms with Crippen molar-refractivity contribution in [3.05, 3.63) is 63.1 Å². The maximum absolute atomic E-state index is 13.2. The number of methoxy groups -OCH3 is 1. The Labute approximate surface area is 172 Å². The van der Waals surface area contributed by atoms with E-state index in [2.05, 4.69) is 15.3 Å². The topological polar surface area (TPSA) is 108 Å². The third-order valence-electron chi connectivity index (χ3n) is 5.37. The van der Waals surface area contributed by atoms with Gasteiger partial charge in [0.05, 0.1) is 13.7 Å². The van der Waals surface area contributed by atoms with Crippen molar-refractivity contribution in [2.24, 2.45) is 0 Å². The van der Waals surface area contributed by atoms with Crippen molar-refractivity contribution in [3.8, 4) is 5.75 Å². The molecule has 1 amide bonds. The lowest BCUT2D eigenvalue weighted by Crippen LogP contribution is -2.44. The van der Waals surface area contributed by atoms with E-state index in [1.807, 2.05) is 0 Å². The van der Waals surface area contributed by atoms with Gasteiger partial charge < -0.3 is 10.1 Å². The average molecular weight is 409 g/mol. The molecule has 1 saturated carbocycles. The summed E-state index contributed by atoms with van der Waals surface area (Å²) in [7, 11) is 1.57. The average Bonchev–Trinajstić information content (AvgIpc) is 3.27. The van der Waals surface area contributed by atoms with Crippen LogP contribution >= 0.6 is 0 Å². The first kappa shape index (κ1) is 19.8.